The van der Waals surface area contributed by atoms with Gasteiger partial charge in [0.1, 0.15) is 10.7 Å². The van der Waals surface area contributed by atoms with Gasteiger partial charge in [-0.2, -0.15) is 5.26 Å². The Labute approximate surface area is 193 Å². The molecule has 2 aromatic heterocycles. The molecule has 0 unspecified atom stereocenters. The number of hydrogen-bond donors (Lipinski definition) is 0. The fourth-order valence-corrected chi connectivity index (χ4v) is 5.52. The van der Waals surface area contributed by atoms with E-state index < -0.39 is 0 Å². The van der Waals surface area contributed by atoms with E-state index in [1.807, 2.05) is 49.4 Å². The first-order valence-corrected chi connectivity index (χ1v) is 12.1. The lowest BCUT2D eigenvalue weighted by atomic mass is 10.1. The number of aromatic nitrogens is 1. The number of nitriles is 1. The van der Waals surface area contributed by atoms with Gasteiger partial charge in [0.15, 0.2) is 5.57 Å². The highest BCUT2D eigenvalue weighted by molar-refractivity contribution is 7.13. The second-order valence-corrected chi connectivity index (χ2v) is 9.77. The van der Waals surface area contributed by atoms with Gasteiger partial charge in [0, 0.05) is 22.8 Å². The van der Waals surface area contributed by atoms with Crippen molar-refractivity contribution in [2.45, 2.75) is 20.3 Å². The molecule has 1 saturated heterocycles. The molecule has 1 aromatic carbocycles. The Hall–Kier alpha value is -2.99. The van der Waals surface area contributed by atoms with Crippen molar-refractivity contribution in [1.29, 1.82) is 5.26 Å². The van der Waals surface area contributed by atoms with E-state index in [1.54, 1.807) is 16.2 Å². The molecule has 3 aromatic rings. The molecule has 32 heavy (non-hydrogen) atoms. The number of thiazole rings is 1. The summed E-state index contributed by atoms with van der Waals surface area (Å²) in [5.41, 5.74) is 1.54. The molecule has 0 saturated carbocycles. The van der Waals surface area contributed by atoms with Gasteiger partial charge >= 0.3 is 0 Å². The molecule has 3 heterocycles. The van der Waals surface area contributed by atoms with Crippen molar-refractivity contribution >= 4 is 40.2 Å². The molecule has 164 valence electrons. The third-order valence-corrected chi connectivity index (χ3v) is 7.34. The van der Waals surface area contributed by atoms with Crippen LogP contribution in [0.1, 0.15) is 22.2 Å². The number of rotatable bonds is 4. The molecule has 0 aliphatic carbocycles. The van der Waals surface area contributed by atoms with E-state index >= 15 is 0 Å². The quantitative estimate of drug-likeness (QED) is 0.592. The number of ether oxygens (including phenoxy) is 1. The summed E-state index contributed by atoms with van der Waals surface area (Å²) in [7, 11) is 0. The first kappa shape index (κ1) is 22.2. The van der Waals surface area contributed by atoms with E-state index in [9.17, 15) is 14.9 Å². The van der Waals surface area contributed by atoms with E-state index in [-0.39, 0.29) is 17.0 Å². The normalized spacial score (nSPS) is 15.5. The molecule has 0 radical (unpaired) electrons. The van der Waals surface area contributed by atoms with Gasteiger partial charge in [0.2, 0.25) is 0 Å². The number of hydrogen-bond acceptors (Lipinski definition) is 6. The van der Waals surface area contributed by atoms with Crippen molar-refractivity contribution in [2.24, 2.45) is 0 Å². The van der Waals surface area contributed by atoms with Crippen LogP contribution in [0.2, 0.25) is 0 Å². The summed E-state index contributed by atoms with van der Waals surface area (Å²) >= 11 is 2.78. The summed E-state index contributed by atoms with van der Waals surface area (Å²) in [5.74, 6) is -0.366. The van der Waals surface area contributed by atoms with E-state index in [1.165, 1.54) is 15.9 Å². The van der Waals surface area contributed by atoms with Crippen molar-refractivity contribution in [3.63, 3.8) is 0 Å². The second kappa shape index (κ2) is 9.65. The zero-order chi connectivity index (χ0) is 22.7. The van der Waals surface area contributed by atoms with Gasteiger partial charge in [-0.05, 0) is 49.2 Å². The zero-order valence-corrected chi connectivity index (χ0v) is 19.6. The predicted octanol–water partition coefficient (Wildman–Crippen LogP) is 2.19. The maximum Gasteiger partial charge on any atom is 0.273 e. The molecule has 0 spiro atoms. The molecule has 1 amide bonds. The second-order valence-electron chi connectivity index (χ2n) is 7.42. The number of carbonyl (C=O) groups excluding carboxylic acids is 1. The fourth-order valence-electron chi connectivity index (χ4n) is 3.54. The number of carbonyl (C=O) groups is 1. The first-order chi connectivity index (χ1) is 15.5. The molecular formula is C24H23N3O3S2. The number of benzene rings is 1. The van der Waals surface area contributed by atoms with Crippen molar-refractivity contribution < 1.29 is 9.53 Å². The molecule has 1 aliphatic heterocycles. The van der Waals surface area contributed by atoms with Crippen LogP contribution in [0.4, 0.5) is 0 Å². The van der Waals surface area contributed by atoms with Crippen LogP contribution in [-0.2, 0) is 16.0 Å². The fraction of sp³-hybridized carbons (Fsp3) is 0.292. The minimum Gasteiger partial charge on any atom is -0.378 e. The van der Waals surface area contributed by atoms with Gasteiger partial charge in [-0.1, -0.05) is 19.1 Å². The van der Waals surface area contributed by atoms with Gasteiger partial charge in [0.05, 0.1) is 23.4 Å². The zero-order valence-electron chi connectivity index (χ0n) is 18.0. The third-order valence-electron chi connectivity index (χ3n) is 5.30. The Bertz CT molecular complexity index is 1350. The molecule has 1 fully saturated rings. The topological polar surface area (TPSA) is 75.3 Å². The minimum atomic E-state index is -0.366. The number of aryl methyl sites for hydroxylation is 2. The van der Waals surface area contributed by atoms with Crippen molar-refractivity contribution in [2.75, 3.05) is 26.3 Å². The van der Waals surface area contributed by atoms with Gasteiger partial charge < -0.3 is 9.64 Å². The average molecular weight is 466 g/mol. The maximum absolute atomic E-state index is 13.5. The Morgan fingerprint density at radius 1 is 1.16 bits per heavy atom. The minimum absolute atomic E-state index is 0.0180. The maximum atomic E-state index is 13.5. The van der Waals surface area contributed by atoms with Gasteiger partial charge in [-0.15, -0.1) is 22.7 Å². The standard InChI is InChI=1S/C24H23N3O3S2/c1-3-17-5-7-18(8-6-17)27-23(29)21(14-19-9-4-16(2)31-19)32-24(27)20(15-25)22(28)26-10-12-30-13-11-26/h4-9,14H,3,10-13H2,1-2H3/b21-14+,24-20-. The predicted molar refractivity (Wildman–Crippen MR) is 128 cm³/mol. The summed E-state index contributed by atoms with van der Waals surface area (Å²) in [6.07, 6.45) is 2.72. The Balaban J connectivity index is 1.97. The van der Waals surface area contributed by atoms with Crippen LogP contribution in [0, 0.1) is 18.3 Å². The number of amides is 1. The molecular weight excluding hydrogens is 442 g/mol. The van der Waals surface area contributed by atoms with Crippen LogP contribution < -0.4 is 14.8 Å². The average Bonchev–Trinajstić information content (AvgIpc) is 3.37. The Morgan fingerprint density at radius 2 is 1.88 bits per heavy atom. The van der Waals surface area contributed by atoms with E-state index in [2.05, 4.69) is 13.0 Å². The van der Waals surface area contributed by atoms with Crippen molar-refractivity contribution in [3.8, 4) is 11.8 Å². The lowest BCUT2D eigenvalue weighted by Crippen LogP contribution is -2.42. The lowest BCUT2D eigenvalue weighted by molar-refractivity contribution is -0.128. The third kappa shape index (κ3) is 4.46. The molecule has 8 heteroatoms. The molecule has 4 rings (SSSR count). The highest BCUT2D eigenvalue weighted by Crippen LogP contribution is 2.15. The van der Waals surface area contributed by atoms with E-state index in [0.717, 1.165) is 21.7 Å². The summed E-state index contributed by atoms with van der Waals surface area (Å²) in [6.45, 7) is 5.82. The van der Waals surface area contributed by atoms with Gasteiger partial charge in [-0.3, -0.25) is 14.2 Å². The first-order valence-electron chi connectivity index (χ1n) is 10.4. The van der Waals surface area contributed by atoms with Crippen molar-refractivity contribution in [1.82, 2.24) is 9.47 Å². The van der Waals surface area contributed by atoms with E-state index in [4.69, 9.17) is 4.74 Å². The number of nitrogens with zero attached hydrogens (tertiary/aromatic N) is 3. The van der Waals surface area contributed by atoms with Crippen LogP contribution in [-0.4, -0.2) is 41.7 Å². The highest BCUT2D eigenvalue weighted by Gasteiger charge is 2.24. The summed E-state index contributed by atoms with van der Waals surface area (Å²) in [4.78, 5) is 30.4. The van der Waals surface area contributed by atoms with Gasteiger partial charge in [0.25, 0.3) is 11.5 Å². The monoisotopic (exact) mass is 465 g/mol. The van der Waals surface area contributed by atoms with Crippen LogP contribution in [0.3, 0.4) is 0 Å². The Kier molecular flexibility index (Phi) is 6.70. The molecule has 0 N–H and O–H groups in total. The van der Waals surface area contributed by atoms with Crippen LogP contribution in [0.5, 0.6) is 0 Å². The summed E-state index contributed by atoms with van der Waals surface area (Å²) in [6, 6.07) is 13.7. The van der Waals surface area contributed by atoms with Gasteiger partial charge in [-0.25, -0.2) is 0 Å². The molecule has 0 atom stereocenters. The molecule has 1 aliphatic rings. The molecule has 6 nitrogen and oxygen atoms in total. The van der Waals surface area contributed by atoms with E-state index in [0.29, 0.717) is 41.2 Å². The SMILES string of the molecule is CCc1ccc(-n2c(=O)/c(=C\c3ccc(C)s3)s/c2=C(/C#N)C(=O)N2CCOCC2)cc1. The smallest absolute Gasteiger partial charge is 0.273 e. The van der Waals surface area contributed by atoms with Crippen LogP contribution in [0.15, 0.2) is 41.2 Å². The largest absolute Gasteiger partial charge is 0.378 e. The summed E-state index contributed by atoms with van der Waals surface area (Å²) in [5, 5.41) is 9.94. The van der Waals surface area contributed by atoms with Crippen molar-refractivity contribution in [3.05, 3.63) is 71.3 Å². The lowest BCUT2D eigenvalue weighted by Gasteiger charge is -2.26. The van der Waals surface area contributed by atoms with Crippen LogP contribution >= 0.6 is 22.7 Å². The summed E-state index contributed by atoms with van der Waals surface area (Å²) < 4.78 is 7.68. The van der Waals surface area contributed by atoms with Crippen LogP contribution in [0.25, 0.3) is 17.3 Å². The highest BCUT2D eigenvalue weighted by atomic mass is 32.1. The number of morpholine rings is 1. The Morgan fingerprint density at radius 3 is 2.47 bits per heavy atom. The molecule has 0 bridgehead atoms. The number of thiophene rings is 1.